The Morgan fingerprint density at radius 3 is 2.47 bits per heavy atom. The van der Waals surface area contributed by atoms with Crippen molar-refractivity contribution in [2.75, 3.05) is 13.1 Å². The maximum absolute atomic E-state index is 12.8. The van der Waals surface area contributed by atoms with E-state index in [9.17, 15) is 9.59 Å². The maximum Gasteiger partial charge on any atom is 0.251 e. The van der Waals surface area contributed by atoms with Crippen LogP contribution >= 0.6 is 0 Å². The Kier molecular flexibility index (Phi) is 6.07. The van der Waals surface area contributed by atoms with Crippen LogP contribution in [0.5, 0.6) is 0 Å². The number of amides is 2. The zero-order valence-corrected chi connectivity index (χ0v) is 18.4. The third-order valence-corrected chi connectivity index (χ3v) is 6.22. The molecule has 172 valence electrons. The number of imidazole rings is 1. The number of rotatable bonds is 6. The highest BCUT2D eigenvalue weighted by Crippen LogP contribution is 2.26. The quantitative estimate of drug-likeness (QED) is 0.264. The average Bonchev–Trinajstić information content (AvgIpc) is 3.49. The van der Waals surface area contributed by atoms with E-state index in [1.165, 1.54) is 0 Å². The Morgan fingerprint density at radius 1 is 0.971 bits per heavy atom. The summed E-state index contributed by atoms with van der Waals surface area (Å²) in [7, 11) is 0. The van der Waals surface area contributed by atoms with Crippen LogP contribution in [0.2, 0.25) is 0 Å². The predicted octanol–water partition coefficient (Wildman–Crippen LogP) is 2.57. The average molecular weight is 456 g/mol. The number of hydrogen-bond acceptors (Lipinski definition) is 5. The topological polar surface area (TPSA) is 108 Å². The Morgan fingerprint density at radius 2 is 1.71 bits per heavy atom. The van der Waals surface area contributed by atoms with E-state index >= 15 is 0 Å². The second kappa shape index (κ2) is 9.46. The van der Waals surface area contributed by atoms with Crippen LogP contribution in [0.15, 0.2) is 78.9 Å². The molecule has 1 saturated heterocycles. The third kappa shape index (κ3) is 4.28. The van der Waals surface area contributed by atoms with E-state index in [1.54, 1.807) is 17.6 Å². The summed E-state index contributed by atoms with van der Waals surface area (Å²) < 4.78 is 2.18. The Hall–Kier alpha value is -4.01. The van der Waals surface area contributed by atoms with E-state index < -0.39 is 11.8 Å². The molecule has 0 aliphatic carbocycles. The van der Waals surface area contributed by atoms with E-state index in [2.05, 4.69) is 21.3 Å². The number of hydrogen-bond donors (Lipinski definition) is 4. The minimum atomic E-state index is -0.515. The zero-order valence-electron chi connectivity index (χ0n) is 18.4. The normalized spacial score (nSPS) is 17.6. The number of fused-ring (bicyclic) bond motifs is 1. The summed E-state index contributed by atoms with van der Waals surface area (Å²) in [5.74, 6) is -0.383. The highest BCUT2D eigenvalue weighted by Gasteiger charge is 2.34. The van der Waals surface area contributed by atoms with Crippen LogP contribution in [-0.4, -0.2) is 45.7 Å². The van der Waals surface area contributed by atoms with E-state index in [-0.39, 0.29) is 11.9 Å². The molecule has 0 bridgehead atoms. The summed E-state index contributed by atoms with van der Waals surface area (Å²) in [6.45, 7) is 1.48. The lowest BCUT2D eigenvalue weighted by molar-refractivity contribution is -0.133. The largest absolute Gasteiger partial charge is 0.347 e. The van der Waals surface area contributed by atoms with Crippen LogP contribution in [-0.2, 0) is 11.3 Å². The van der Waals surface area contributed by atoms with Gasteiger partial charge in [0.1, 0.15) is 5.82 Å². The SMILES string of the molecule is O=C(N[C@@H]1CNC[C@@H]1C(=O)NO)c1ccc(Cn2c(-c3ccccc3)nc3ccccc32)cc1. The van der Waals surface area contributed by atoms with Crippen LogP contribution in [0.3, 0.4) is 0 Å². The molecule has 4 N–H and O–H groups in total. The number of benzene rings is 3. The van der Waals surface area contributed by atoms with Gasteiger partial charge in [0.05, 0.1) is 23.0 Å². The molecule has 8 nitrogen and oxygen atoms in total. The summed E-state index contributed by atoms with van der Waals surface area (Å²) in [5.41, 5.74) is 6.24. The highest BCUT2D eigenvalue weighted by atomic mass is 16.5. The van der Waals surface area contributed by atoms with E-state index in [0.29, 0.717) is 25.2 Å². The minimum Gasteiger partial charge on any atom is -0.347 e. The molecule has 4 aromatic rings. The van der Waals surface area contributed by atoms with Gasteiger partial charge in [-0.15, -0.1) is 0 Å². The molecule has 0 saturated carbocycles. The number of carbonyl (C=O) groups is 2. The van der Waals surface area contributed by atoms with Crippen molar-refractivity contribution in [3.05, 3.63) is 90.0 Å². The van der Waals surface area contributed by atoms with E-state index in [4.69, 9.17) is 10.2 Å². The first-order valence-electron chi connectivity index (χ1n) is 11.2. The smallest absolute Gasteiger partial charge is 0.251 e. The van der Waals surface area contributed by atoms with Crippen molar-refractivity contribution < 1.29 is 14.8 Å². The lowest BCUT2D eigenvalue weighted by Gasteiger charge is -2.18. The van der Waals surface area contributed by atoms with Gasteiger partial charge in [0.25, 0.3) is 5.91 Å². The van der Waals surface area contributed by atoms with Crippen molar-refractivity contribution in [1.82, 2.24) is 25.7 Å². The van der Waals surface area contributed by atoms with Gasteiger partial charge in [0.15, 0.2) is 0 Å². The molecule has 1 aliphatic heterocycles. The van der Waals surface area contributed by atoms with Gasteiger partial charge in [-0.3, -0.25) is 14.8 Å². The highest BCUT2D eigenvalue weighted by molar-refractivity contribution is 5.95. The minimum absolute atomic E-state index is 0.256. The Bertz CT molecular complexity index is 1320. The van der Waals surface area contributed by atoms with Crippen molar-refractivity contribution in [3.8, 4) is 11.4 Å². The van der Waals surface area contributed by atoms with Crippen LogP contribution in [0.1, 0.15) is 15.9 Å². The van der Waals surface area contributed by atoms with Gasteiger partial charge in [-0.05, 0) is 29.8 Å². The zero-order chi connectivity index (χ0) is 23.5. The van der Waals surface area contributed by atoms with E-state index in [1.807, 2.05) is 60.7 Å². The molecule has 2 amide bonds. The van der Waals surface area contributed by atoms with Gasteiger partial charge in [-0.2, -0.15) is 0 Å². The molecule has 0 unspecified atom stereocenters. The molecule has 1 aromatic heterocycles. The lowest BCUT2D eigenvalue weighted by Crippen LogP contribution is -2.45. The first-order valence-corrected chi connectivity index (χ1v) is 11.2. The molecule has 8 heteroatoms. The molecule has 5 rings (SSSR count). The lowest BCUT2D eigenvalue weighted by atomic mass is 10.0. The summed E-state index contributed by atoms with van der Waals surface area (Å²) in [6, 6.07) is 25.2. The molecular formula is C26H25N5O3. The van der Waals surface area contributed by atoms with Gasteiger partial charge >= 0.3 is 0 Å². The molecule has 1 aliphatic rings. The van der Waals surface area contributed by atoms with Gasteiger partial charge in [-0.25, -0.2) is 10.5 Å². The fourth-order valence-corrected chi connectivity index (χ4v) is 4.43. The van der Waals surface area contributed by atoms with Gasteiger partial charge in [0, 0.05) is 30.8 Å². The van der Waals surface area contributed by atoms with Crippen LogP contribution < -0.4 is 16.1 Å². The molecule has 3 aromatic carbocycles. The summed E-state index contributed by atoms with van der Waals surface area (Å²) in [6.07, 6.45) is 0. The monoisotopic (exact) mass is 455 g/mol. The van der Waals surface area contributed by atoms with Gasteiger partial charge in [-0.1, -0.05) is 54.6 Å². The molecule has 34 heavy (non-hydrogen) atoms. The van der Waals surface area contributed by atoms with Crippen molar-refractivity contribution in [3.63, 3.8) is 0 Å². The van der Waals surface area contributed by atoms with Crippen LogP contribution in [0.25, 0.3) is 22.4 Å². The van der Waals surface area contributed by atoms with Crippen LogP contribution in [0, 0.1) is 5.92 Å². The fourth-order valence-electron chi connectivity index (χ4n) is 4.43. The third-order valence-electron chi connectivity index (χ3n) is 6.22. The predicted molar refractivity (Wildman–Crippen MR) is 128 cm³/mol. The molecule has 2 heterocycles. The first kappa shape index (κ1) is 21.8. The number of aromatic nitrogens is 2. The summed E-state index contributed by atoms with van der Waals surface area (Å²) in [4.78, 5) is 29.4. The summed E-state index contributed by atoms with van der Waals surface area (Å²) in [5, 5.41) is 14.9. The number of para-hydroxylation sites is 2. The van der Waals surface area contributed by atoms with Crippen molar-refractivity contribution >= 4 is 22.8 Å². The number of nitrogens with zero attached hydrogens (tertiary/aromatic N) is 2. The number of nitrogens with one attached hydrogen (secondary N) is 3. The molecule has 1 fully saturated rings. The standard InChI is InChI=1S/C26H25N5O3/c32-25(29-22-15-27-14-20(22)26(33)30-34)19-12-10-17(11-13-19)16-31-23-9-5-4-8-21(23)28-24(31)18-6-2-1-3-7-18/h1-13,20,22,27,34H,14-16H2,(H,29,32)(H,30,33)/t20-,22+/m0/s1. The van der Waals surface area contributed by atoms with E-state index in [0.717, 1.165) is 28.0 Å². The van der Waals surface area contributed by atoms with Crippen molar-refractivity contribution in [1.29, 1.82) is 0 Å². The van der Waals surface area contributed by atoms with Gasteiger partial charge < -0.3 is 15.2 Å². The van der Waals surface area contributed by atoms with Gasteiger partial charge in [0.2, 0.25) is 5.91 Å². The Labute approximate surface area is 196 Å². The van der Waals surface area contributed by atoms with Crippen molar-refractivity contribution in [2.45, 2.75) is 12.6 Å². The Balaban J connectivity index is 1.36. The van der Waals surface area contributed by atoms with Crippen molar-refractivity contribution in [2.24, 2.45) is 5.92 Å². The fraction of sp³-hybridized carbons (Fsp3) is 0.192. The number of carbonyl (C=O) groups excluding carboxylic acids is 2. The molecular weight excluding hydrogens is 430 g/mol. The molecule has 0 spiro atoms. The molecule has 2 atom stereocenters. The number of hydroxylamine groups is 1. The summed E-state index contributed by atoms with van der Waals surface area (Å²) >= 11 is 0. The second-order valence-corrected chi connectivity index (χ2v) is 8.39. The second-order valence-electron chi connectivity index (χ2n) is 8.39. The maximum atomic E-state index is 12.8. The molecule has 0 radical (unpaired) electrons. The first-order chi connectivity index (χ1) is 16.6. The van der Waals surface area contributed by atoms with Crippen LogP contribution in [0.4, 0.5) is 0 Å².